The van der Waals surface area contributed by atoms with Gasteiger partial charge in [-0.3, -0.25) is 9.59 Å². The molecule has 4 rings (SSSR count). The van der Waals surface area contributed by atoms with E-state index >= 15 is 0 Å². The third-order valence-corrected chi connectivity index (χ3v) is 6.51. The maximum Gasteiger partial charge on any atom is 0.259 e. The molecule has 9 nitrogen and oxygen atoms in total. The molecular weight excluding hydrogens is 504 g/mol. The predicted octanol–water partition coefficient (Wildman–Crippen LogP) is 4.11. The van der Waals surface area contributed by atoms with E-state index in [4.69, 9.17) is 22.1 Å². The van der Waals surface area contributed by atoms with E-state index in [0.717, 1.165) is 38.3 Å². The first-order chi connectivity index (χ1) is 18.4. The van der Waals surface area contributed by atoms with Crippen molar-refractivity contribution in [2.45, 2.75) is 12.8 Å². The normalized spacial score (nSPS) is 14.0. The van der Waals surface area contributed by atoms with Crippen LogP contribution in [0, 0.1) is 0 Å². The maximum absolute atomic E-state index is 13.4. The van der Waals surface area contributed by atoms with Gasteiger partial charge in [-0.25, -0.2) is 4.98 Å². The van der Waals surface area contributed by atoms with Crippen LogP contribution in [0.1, 0.15) is 33.6 Å². The highest BCUT2D eigenvalue weighted by molar-refractivity contribution is 6.30. The molecule has 1 aromatic heterocycles. The summed E-state index contributed by atoms with van der Waals surface area (Å²) in [7, 11) is 2.13. The monoisotopic (exact) mass is 536 g/mol. The summed E-state index contributed by atoms with van der Waals surface area (Å²) in [4.78, 5) is 35.1. The average molecular weight is 537 g/mol. The van der Waals surface area contributed by atoms with Crippen LogP contribution in [0.25, 0.3) is 0 Å². The molecule has 2 amide bonds. The number of amides is 2. The van der Waals surface area contributed by atoms with Crippen molar-refractivity contribution in [3.8, 4) is 5.75 Å². The molecule has 200 valence electrons. The molecule has 0 bridgehead atoms. The van der Waals surface area contributed by atoms with Crippen LogP contribution in [0.15, 0.2) is 60.8 Å². The molecule has 4 N–H and O–H groups in total. The molecule has 38 heavy (non-hydrogen) atoms. The minimum Gasteiger partial charge on any atom is -0.493 e. The zero-order valence-electron chi connectivity index (χ0n) is 21.5. The van der Waals surface area contributed by atoms with Crippen molar-refractivity contribution in [3.63, 3.8) is 0 Å². The van der Waals surface area contributed by atoms with Gasteiger partial charge in [0.2, 0.25) is 0 Å². The van der Waals surface area contributed by atoms with Gasteiger partial charge in [-0.2, -0.15) is 0 Å². The Hall–Kier alpha value is -3.66. The van der Waals surface area contributed by atoms with Gasteiger partial charge in [-0.05, 0) is 69.4 Å². The number of rotatable bonds is 9. The molecule has 3 aromatic rings. The minimum absolute atomic E-state index is 0.300. The fourth-order valence-corrected chi connectivity index (χ4v) is 4.31. The van der Waals surface area contributed by atoms with Crippen LogP contribution >= 0.6 is 11.6 Å². The Bertz CT molecular complexity index is 1250. The van der Waals surface area contributed by atoms with Crippen LogP contribution in [0.5, 0.6) is 5.75 Å². The van der Waals surface area contributed by atoms with E-state index < -0.39 is 5.91 Å². The van der Waals surface area contributed by atoms with Crippen LogP contribution in [0.2, 0.25) is 5.02 Å². The number of halogens is 1. The van der Waals surface area contributed by atoms with E-state index in [9.17, 15) is 9.59 Å². The van der Waals surface area contributed by atoms with E-state index in [1.807, 2.05) is 12.1 Å². The summed E-state index contributed by atoms with van der Waals surface area (Å²) in [6.45, 7) is 4.74. The molecule has 0 unspecified atom stereocenters. The topological polar surface area (TPSA) is 113 Å². The summed E-state index contributed by atoms with van der Waals surface area (Å²) < 4.78 is 6.01. The van der Waals surface area contributed by atoms with Crippen molar-refractivity contribution in [3.05, 3.63) is 76.9 Å². The second-order valence-electron chi connectivity index (χ2n) is 9.13. The molecular formula is C28H33ClN6O3. The number of nitrogens with zero attached hydrogens (tertiary/aromatic N) is 3. The van der Waals surface area contributed by atoms with Gasteiger partial charge < -0.3 is 30.9 Å². The number of aromatic nitrogens is 1. The Morgan fingerprint density at radius 3 is 2.61 bits per heavy atom. The second kappa shape index (κ2) is 13.2. The number of nitrogens with one attached hydrogen (secondary N) is 2. The van der Waals surface area contributed by atoms with Gasteiger partial charge in [0.15, 0.2) is 0 Å². The number of pyridine rings is 1. The summed E-state index contributed by atoms with van der Waals surface area (Å²) >= 11 is 5.88. The third-order valence-electron chi connectivity index (χ3n) is 6.29. The quantitative estimate of drug-likeness (QED) is 0.353. The first-order valence-corrected chi connectivity index (χ1v) is 13.1. The standard InChI is InChI=1S/C28H33ClN6O3/c1-34-13-5-14-35(16-15-34)21-9-10-23(25(18-21)38-17-4-12-30)28(37)32-24-7-3-2-6-22(24)27(36)33-26-11-8-20(29)19-31-26/h2-3,6-11,18-19H,4-5,12-17,30H2,1H3,(H,32,37)(H,31,33,36). The van der Waals surface area contributed by atoms with E-state index in [-0.39, 0.29) is 5.91 Å². The zero-order valence-corrected chi connectivity index (χ0v) is 22.2. The minimum atomic E-state index is -0.406. The number of likely N-dealkylation sites (N-methyl/N-ethyl adjacent to an activating group) is 1. The number of carbonyl (C=O) groups is 2. The van der Waals surface area contributed by atoms with E-state index in [1.165, 1.54) is 6.20 Å². The molecule has 2 aromatic carbocycles. The van der Waals surface area contributed by atoms with E-state index in [2.05, 4.69) is 32.5 Å². The van der Waals surface area contributed by atoms with Crippen molar-refractivity contribution in [1.29, 1.82) is 0 Å². The average Bonchev–Trinajstić information content (AvgIpc) is 3.14. The van der Waals surface area contributed by atoms with E-state index in [0.29, 0.717) is 53.0 Å². The number of anilines is 3. The van der Waals surface area contributed by atoms with Crippen molar-refractivity contribution in [2.24, 2.45) is 5.73 Å². The lowest BCUT2D eigenvalue weighted by Crippen LogP contribution is -2.28. The molecule has 0 radical (unpaired) electrons. The lowest BCUT2D eigenvalue weighted by atomic mass is 10.1. The Morgan fingerprint density at radius 1 is 1.00 bits per heavy atom. The van der Waals surface area contributed by atoms with Crippen molar-refractivity contribution < 1.29 is 14.3 Å². The number of benzene rings is 2. The number of para-hydroxylation sites is 1. The lowest BCUT2D eigenvalue weighted by Gasteiger charge is -2.24. The Balaban J connectivity index is 1.55. The summed E-state index contributed by atoms with van der Waals surface area (Å²) in [5, 5.41) is 6.08. The summed E-state index contributed by atoms with van der Waals surface area (Å²) in [5.41, 5.74) is 7.72. The lowest BCUT2D eigenvalue weighted by molar-refractivity contribution is 0.102. The zero-order chi connectivity index (χ0) is 26.9. The van der Waals surface area contributed by atoms with Crippen LogP contribution in [0.4, 0.5) is 17.2 Å². The van der Waals surface area contributed by atoms with Crippen LogP contribution in [-0.2, 0) is 0 Å². The number of ether oxygens (including phenoxy) is 1. The molecule has 2 heterocycles. The largest absolute Gasteiger partial charge is 0.493 e. The summed E-state index contributed by atoms with van der Waals surface area (Å²) in [6.07, 6.45) is 3.18. The molecule has 0 aliphatic carbocycles. The van der Waals surface area contributed by atoms with Gasteiger partial charge in [-0.15, -0.1) is 0 Å². The Kier molecular flexibility index (Phi) is 9.53. The van der Waals surface area contributed by atoms with Gasteiger partial charge in [0.1, 0.15) is 11.6 Å². The number of hydrogen-bond acceptors (Lipinski definition) is 7. The van der Waals surface area contributed by atoms with Gasteiger partial charge >= 0.3 is 0 Å². The van der Waals surface area contributed by atoms with Crippen molar-refractivity contribution in [2.75, 3.05) is 61.9 Å². The smallest absolute Gasteiger partial charge is 0.259 e. The fourth-order valence-electron chi connectivity index (χ4n) is 4.20. The highest BCUT2D eigenvalue weighted by Crippen LogP contribution is 2.28. The van der Waals surface area contributed by atoms with Crippen LogP contribution < -0.4 is 26.0 Å². The molecule has 0 atom stereocenters. The van der Waals surface area contributed by atoms with Crippen molar-refractivity contribution >= 4 is 40.6 Å². The van der Waals surface area contributed by atoms with Crippen LogP contribution in [-0.4, -0.2) is 68.1 Å². The van der Waals surface area contributed by atoms with Gasteiger partial charge in [0.05, 0.1) is 28.4 Å². The third kappa shape index (κ3) is 7.22. The Morgan fingerprint density at radius 2 is 1.82 bits per heavy atom. The molecule has 1 aliphatic rings. The molecule has 1 aliphatic heterocycles. The van der Waals surface area contributed by atoms with E-state index in [1.54, 1.807) is 42.5 Å². The SMILES string of the molecule is CN1CCCN(c2ccc(C(=O)Nc3ccccc3C(=O)Nc3ccc(Cl)cn3)c(OCCCN)c2)CC1. The highest BCUT2D eigenvalue weighted by atomic mass is 35.5. The Labute approximate surface area is 227 Å². The van der Waals surface area contributed by atoms with Gasteiger partial charge in [0, 0.05) is 37.6 Å². The first-order valence-electron chi connectivity index (χ1n) is 12.7. The molecule has 1 saturated heterocycles. The van der Waals surface area contributed by atoms with Gasteiger partial charge in [0.25, 0.3) is 11.8 Å². The molecule has 10 heteroatoms. The predicted molar refractivity (Wildman–Crippen MR) is 152 cm³/mol. The van der Waals surface area contributed by atoms with Crippen LogP contribution in [0.3, 0.4) is 0 Å². The fraction of sp³-hybridized carbons (Fsp3) is 0.321. The highest BCUT2D eigenvalue weighted by Gasteiger charge is 2.20. The molecule has 1 fully saturated rings. The molecule has 0 saturated carbocycles. The molecule has 0 spiro atoms. The number of hydrogen-bond donors (Lipinski definition) is 3. The second-order valence-corrected chi connectivity index (χ2v) is 9.57. The number of nitrogens with two attached hydrogens (primary N) is 1. The van der Waals surface area contributed by atoms with Gasteiger partial charge in [-0.1, -0.05) is 23.7 Å². The summed E-state index contributed by atoms with van der Waals surface area (Å²) in [5.74, 6) is 0.0566. The summed E-state index contributed by atoms with van der Waals surface area (Å²) in [6, 6.07) is 15.7. The number of carbonyl (C=O) groups excluding carboxylic acids is 2. The first kappa shape index (κ1) is 27.4. The maximum atomic E-state index is 13.4. The van der Waals surface area contributed by atoms with Crippen molar-refractivity contribution in [1.82, 2.24) is 9.88 Å².